The standard InChI is InChI=1S/C19H23FN2O3S2/c1-19(2,3)18(23)21-10-8-15-5-7-17(26-15)27(24,25)22-11-9-13-12-14(20)4-6-16(13)22/h4-7,12H,8-11H2,1-3H3,(H,21,23). The Morgan fingerprint density at radius 3 is 2.70 bits per heavy atom. The lowest BCUT2D eigenvalue weighted by Crippen LogP contribution is -2.35. The maximum Gasteiger partial charge on any atom is 0.273 e. The molecule has 0 saturated carbocycles. The highest BCUT2D eigenvalue weighted by Gasteiger charge is 2.32. The summed E-state index contributed by atoms with van der Waals surface area (Å²) in [6.07, 6.45) is 1.08. The van der Waals surface area contributed by atoms with Gasteiger partial charge in [0.2, 0.25) is 5.91 Å². The SMILES string of the molecule is CC(C)(C)C(=O)NCCc1ccc(S(=O)(=O)N2CCc3cc(F)ccc32)s1. The lowest BCUT2D eigenvalue weighted by atomic mass is 9.96. The molecule has 2 heterocycles. The molecule has 0 unspecified atom stereocenters. The average molecular weight is 411 g/mol. The van der Waals surface area contributed by atoms with Crippen molar-refractivity contribution in [1.82, 2.24) is 5.32 Å². The van der Waals surface area contributed by atoms with Crippen LogP contribution in [0.1, 0.15) is 31.2 Å². The Kier molecular flexibility index (Phi) is 5.31. The summed E-state index contributed by atoms with van der Waals surface area (Å²) in [5.74, 6) is -0.392. The van der Waals surface area contributed by atoms with Gasteiger partial charge in [0, 0.05) is 23.4 Å². The Labute approximate surface area is 163 Å². The number of nitrogens with zero attached hydrogens (tertiary/aromatic N) is 1. The first-order valence-electron chi connectivity index (χ1n) is 8.77. The first-order chi connectivity index (χ1) is 12.6. The number of fused-ring (bicyclic) bond motifs is 1. The smallest absolute Gasteiger partial charge is 0.273 e. The van der Waals surface area contributed by atoms with Crippen molar-refractivity contribution in [3.05, 3.63) is 46.6 Å². The minimum absolute atomic E-state index is 0.0344. The number of carbonyl (C=O) groups is 1. The zero-order valence-corrected chi connectivity index (χ0v) is 17.2. The van der Waals surface area contributed by atoms with E-state index in [0.29, 0.717) is 37.2 Å². The van der Waals surface area contributed by atoms with Gasteiger partial charge in [-0.25, -0.2) is 12.8 Å². The number of benzene rings is 1. The topological polar surface area (TPSA) is 66.5 Å². The molecule has 0 saturated heterocycles. The summed E-state index contributed by atoms with van der Waals surface area (Å²) in [5.41, 5.74) is 0.802. The number of nitrogens with one attached hydrogen (secondary N) is 1. The first kappa shape index (κ1) is 19.8. The molecule has 2 aromatic rings. The van der Waals surface area contributed by atoms with Crippen LogP contribution in [0.25, 0.3) is 0 Å². The van der Waals surface area contributed by atoms with E-state index in [2.05, 4.69) is 5.32 Å². The van der Waals surface area contributed by atoms with E-state index in [-0.39, 0.29) is 15.9 Å². The molecule has 1 aromatic heterocycles. The molecule has 0 atom stereocenters. The van der Waals surface area contributed by atoms with Crippen molar-refractivity contribution in [2.45, 2.75) is 37.8 Å². The van der Waals surface area contributed by atoms with E-state index in [1.807, 2.05) is 20.8 Å². The second kappa shape index (κ2) is 7.24. The fourth-order valence-corrected chi connectivity index (χ4v) is 5.87. The summed E-state index contributed by atoms with van der Waals surface area (Å²) in [6.45, 7) is 6.31. The number of hydrogen-bond acceptors (Lipinski definition) is 4. The quantitative estimate of drug-likeness (QED) is 0.822. The zero-order valence-electron chi connectivity index (χ0n) is 15.6. The molecule has 0 aliphatic carbocycles. The molecule has 3 rings (SSSR count). The van der Waals surface area contributed by atoms with Crippen molar-refractivity contribution in [3.8, 4) is 0 Å². The Morgan fingerprint density at radius 2 is 2.00 bits per heavy atom. The van der Waals surface area contributed by atoms with Gasteiger partial charge in [0.05, 0.1) is 5.69 Å². The van der Waals surface area contributed by atoms with Gasteiger partial charge in [0.25, 0.3) is 10.0 Å². The van der Waals surface area contributed by atoms with Gasteiger partial charge in [-0.15, -0.1) is 11.3 Å². The van der Waals surface area contributed by atoms with Crippen LogP contribution in [0.15, 0.2) is 34.5 Å². The number of sulfonamides is 1. The molecule has 0 fully saturated rings. The predicted octanol–water partition coefficient (Wildman–Crippen LogP) is 3.34. The van der Waals surface area contributed by atoms with Crippen LogP contribution in [0.4, 0.5) is 10.1 Å². The maximum atomic E-state index is 13.4. The largest absolute Gasteiger partial charge is 0.355 e. The van der Waals surface area contributed by atoms with Crippen molar-refractivity contribution in [1.29, 1.82) is 0 Å². The van der Waals surface area contributed by atoms with Gasteiger partial charge in [-0.05, 0) is 48.7 Å². The van der Waals surface area contributed by atoms with Gasteiger partial charge in [0.1, 0.15) is 10.0 Å². The molecule has 1 aliphatic heterocycles. The highest BCUT2D eigenvalue weighted by Crippen LogP contribution is 2.35. The number of hydrogen-bond donors (Lipinski definition) is 1. The fraction of sp³-hybridized carbons (Fsp3) is 0.421. The third kappa shape index (κ3) is 4.16. The molecule has 27 heavy (non-hydrogen) atoms. The van der Waals surface area contributed by atoms with E-state index in [0.717, 1.165) is 4.88 Å². The van der Waals surface area contributed by atoms with Gasteiger partial charge in [-0.1, -0.05) is 20.8 Å². The normalized spacial score (nSPS) is 14.3. The van der Waals surface area contributed by atoms with Crippen molar-refractivity contribution in [3.63, 3.8) is 0 Å². The second-order valence-corrected chi connectivity index (χ2v) is 10.8. The van der Waals surface area contributed by atoms with Crippen LogP contribution in [0, 0.1) is 11.2 Å². The third-order valence-corrected chi connectivity index (χ3v) is 7.84. The number of halogens is 1. The molecule has 146 valence electrons. The van der Waals surface area contributed by atoms with Crippen molar-refractivity contribution < 1.29 is 17.6 Å². The van der Waals surface area contributed by atoms with Crippen molar-refractivity contribution in [2.75, 3.05) is 17.4 Å². The molecule has 1 aromatic carbocycles. The molecule has 1 aliphatic rings. The highest BCUT2D eigenvalue weighted by atomic mass is 32.2. The Balaban J connectivity index is 1.70. The Hall–Kier alpha value is -1.93. The lowest BCUT2D eigenvalue weighted by molar-refractivity contribution is -0.128. The average Bonchev–Trinajstić information content (AvgIpc) is 3.20. The number of thiophene rings is 1. The first-order valence-corrected chi connectivity index (χ1v) is 11.0. The number of anilines is 1. The summed E-state index contributed by atoms with van der Waals surface area (Å²) >= 11 is 1.21. The summed E-state index contributed by atoms with van der Waals surface area (Å²) in [4.78, 5) is 12.8. The Morgan fingerprint density at radius 1 is 1.26 bits per heavy atom. The number of carbonyl (C=O) groups excluding carboxylic acids is 1. The van der Waals surface area contributed by atoms with Crippen molar-refractivity contribution >= 4 is 33.0 Å². The molecular weight excluding hydrogens is 387 g/mol. The van der Waals surface area contributed by atoms with Crippen LogP contribution in [0.3, 0.4) is 0 Å². The van der Waals surface area contributed by atoms with E-state index in [9.17, 15) is 17.6 Å². The van der Waals surface area contributed by atoms with Gasteiger partial charge >= 0.3 is 0 Å². The van der Waals surface area contributed by atoms with Crippen molar-refractivity contribution in [2.24, 2.45) is 5.41 Å². The van der Waals surface area contributed by atoms with Crippen LogP contribution in [-0.2, 0) is 27.7 Å². The van der Waals surface area contributed by atoms with E-state index in [1.165, 1.54) is 33.8 Å². The fourth-order valence-electron chi connectivity index (χ4n) is 2.89. The molecule has 8 heteroatoms. The van der Waals surface area contributed by atoms with Crippen LogP contribution in [0.5, 0.6) is 0 Å². The summed E-state index contributed by atoms with van der Waals surface area (Å²) in [7, 11) is -3.67. The summed E-state index contributed by atoms with van der Waals surface area (Å²) < 4.78 is 40.9. The molecular formula is C19H23FN2O3S2. The predicted molar refractivity (Wildman–Crippen MR) is 105 cm³/mol. The van der Waals surface area contributed by atoms with Crippen LogP contribution in [0.2, 0.25) is 0 Å². The minimum Gasteiger partial charge on any atom is -0.355 e. The third-order valence-electron chi connectivity index (χ3n) is 4.41. The second-order valence-electron chi connectivity index (χ2n) is 7.58. The summed E-state index contributed by atoms with van der Waals surface area (Å²) in [6, 6.07) is 7.57. The molecule has 0 spiro atoms. The van der Waals surface area contributed by atoms with E-state index in [4.69, 9.17) is 0 Å². The molecule has 1 N–H and O–H groups in total. The monoisotopic (exact) mass is 410 g/mol. The number of rotatable bonds is 5. The highest BCUT2D eigenvalue weighted by molar-refractivity contribution is 7.94. The molecule has 0 bridgehead atoms. The molecule has 5 nitrogen and oxygen atoms in total. The van der Waals surface area contributed by atoms with Gasteiger partial charge < -0.3 is 5.32 Å². The van der Waals surface area contributed by atoms with E-state index >= 15 is 0 Å². The zero-order chi connectivity index (χ0) is 19.8. The summed E-state index contributed by atoms with van der Waals surface area (Å²) in [5, 5.41) is 2.86. The maximum absolute atomic E-state index is 13.4. The lowest BCUT2D eigenvalue weighted by Gasteiger charge is -2.18. The minimum atomic E-state index is -3.67. The number of amides is 1. The van der Waals surface area contributed by atoms with Crippen LogP contribution < -0.4 is 9.62 Å². The van der Waals surface area contributed by atoms with Gasteiger partial charge in [-0.2, -0.15) is 0 Å². The van der Waals surface area contributed by atoms with Crippen LogP contribution >= 0.6 is 11.3 Å². The van der Waals surface area contributed by atoms with E-state index in [1.54, 1.807) is 12.1 Å². The van der Waals surface area contributed by atoms with E-state index < -0.39 is 15.4 Å². The molecule has 1 amide bonds. The van der Waals surface area contributed by atoms with Crippen LogP contribution in [-0.4, -0.2) is 27.4 Å². The molecule has 0 radical (unpaired) electrons. The van der Waals surface area contributed by atoms with Gasteiger partial charge in [-0.3, -0.25) is 9.10 Å². The van der Waals surface area contributed by atoms with Gasteiger partial charge in [0.15, 0.2) is 0 Å². The Bertz CT molecular complexity index is 962.